The summed E-state index contributed by atoms with van der Waals surface area (Å²) >= 11 is 0. The van der Waals surface area contributed by atoms with Gasteiger partial charge in [0, 0.05) is 20.0 Å². The molecule has 0 aromatic heterocycles. The fourth-order valence-electron chi connectivity index (χ4n) is 1.56. The van der Waals surface area contributed by atoms with Gasteiger partial charge in [0.05, 0.1) is 0 Å². The molecule has 0 N–H and O–H groups in total. The smallest absolute Gasteiger partial charge is 0.219 e. The van der Waals surface area contributed by atoms with Crippen molar-refractivity contribution < 1.29 is 4.79 Å². The van der Waals surface area contributed by atoms with Crippen LogP contribution in [0.15, 0.2) is 0 Å². The summed E-state index contributed by atoms with van der Waals surface area (Å²) in [5, 5.41) is 0. The Morgan fingerprint density at radius 3 is 1.91 bits per heavy atom. The Morgan fingerprint density at radius 2 is 1.45 bits per heavy atom. The molecule has 2 heteroatoms. The molecular formula is C9H17NO. The Bertz CT molecular complexity index is 126. The van der Waals surface area contributed by atoms with E-state index >= 15 is 0 Å². The van der Waals surface area contributed by atoms with Crippen LogP contribution >= 0.6 is 0 Å². The Hall–Kier alpha value is -0.530. The highest BCUT2D eigenvalue weighted by molar-refractivity contribution is 5.73. The SMILES string of the molecule is CC(=O)N1CCCCCCC1. The van der Waals surface area contributed by atoms with Crippen molar-refractivity contribution in [3.63, 3.8) is 0 Å². The van der Waals surface area contributed by atoms with E-state index < -0.39 is 0 Å². The maximum absolute atomic E-state index is 11.0. The van der Waals surface area contributed by atoms with Gasteiger partial charge < -0.3 is 4.90 Å². The molecule has 0 aromatic rings. The van der Waals surface area contributed by atoms with Crippen molar-refractivity contribution >= 4 is 5.91 Å². The first kappa shape index (κ1) is 8.57. The maximum atomic E-state index is 11.0. The van der Waals surface area contributed by atoms with Crippen molar-refractivity contribution in [1.29, 1.82) is 0 Å². The molecule has 0 unspecified atom stereocenters. The molecule has 1 aliphatic rings. The topological polar surface area (TPSA) is 20.3 Å². The minimum absolute atomic E-state index is 0.243. The van der Waals surface area contributed by atoms with Gasteiger partial charge in [-0.3, -0.25) is 4.79 Å². The van der Waals surface area contributed by atoms with Crippen molar-refractivity contribution in [1.82, 2.24) is 4.90 Å². The highest BCUT2D eigenvalue weighted by Crippen LogP contribution is 2.09. The molecule has 0 radical (unpaired) electrons. The molecule has 0 aromatic carbocycles. The third-order valence-corrected chi connectivity index (χ3v) is 2.30. The van der Waals surface area contributed by atoms with Crippen molar-refractivity contribution in [2.24, 2.45) is 0 Å². The van der Waals surface area contributed by atoms with Crippen LogP contribution in [-0.4, -0.2) is 23.9 Å². The summed E-state index contributed by atoms with van der Waals surface area (Å²) in [6.45, 7) is 3.63. The summed E-state index contributed by atoms with van der Waals surface area (Å²) in [5.41, 5.74) is 0. The predicted octanol–water partition coefficient (Wildman–Crippen LogP) is 1.80. The molecular weight excluding hydrogens is 138 g/mol. The Morgan fingerprint density at radius 1 is 1.00 bits per heavy atom. The fourth-order valence-corrected chi connectivity index (χ4v) is 1.56. The Balaban J connectivity index is 2.32. The van der Waals surface area contributed by atoms with Gasteiger partial charge in [-0.15, -0.1) is 0 Å². The van der Waals surface area contributed by atoms with Gasteiger partial charge in [0.2, 0.25) is 5.91 Å². The van der Waals surface area contributed by atoms with Crippen LogP contribution in [0, 0.1) is 0 Å². The molecule has 0 aliphatic carbocycles. The van der Waals surface area contributed by atoms with Crippen molar-refractivity contribution in [2.75, 3.05) is 13.1 Å². The molecule has 1 saturated heterocycles. The fraction of sp³-hybridized carbons (Fsp3) is 0.889. The second kappa shape index (κ2) is 4.37. The zero-order chi connectivity index (χ0) is 8.10. The second-order valence-corrected chi connectivity index (χ2v) is 3.27. The third-order valence-electron chi connectivity index (χ3n) is 2.30. The molecule has 1 aliphatic heterocycles. The maximum Gasteiger partial charge on any atom is 0.219 e. The average molecular weight is 155 g/mol. The number of hydrogen-bond donors (Lipinski definition) is 0. The predicted molar refractivity (Wildman–Crippen MR) is 45.3 cm³/mol. The van der Waals surface area contributed by atoms with Gasteiger partial charge in [-0.05, 0) is 12.8 Å². The molecule has 1 rings (SSSR count). The molecule has 1 heterocycles. The van der Waals surface area contributed by atoms with Gasteiger partial charge in [-0.25, -0.2) is 0 Å². The van der Waals surface area contributed by atoms with Gasteiger partial charge in [0.25, 0.3) is 0 Å². The lowest BCUT2D eigenvalue weighted by atomic mass is 10.1. The van der Waals surface area contributed by atoms with Gasteiger partial charge in [-0.1, -0.05) is 19.3 Å². The van der Waals surface area contributed by atoms with E-state index in [-0.39, 0.29) is 5.91 Å². The first-order valence-corrected chi connectivity index (χ1v) is 4.56. The van der Waals surface area contributed by atoms with Crippen LogP contribution in [0.3, 0.4) is 0 Å². The first-order valence-electron chi connectivity index (χ1n) is 4.56. The first-order chi connectivity index (χ1) is 5.30. The van der Waals surface area contributed by atoms with Crippen LogP contribution in [0.1, 0.15) is 39.0 Å². The van der Waals surface area contributed by atoms with Crippen LogP contribution in [0.4, 0.5) is 0 Å². The zero-order valence-corrected chi connectivity index (χ0v) is 7.31. The van der Waals surface area contributed by atoms with Gasteiger partial charge in [0.1, 0.15) is 0 Å². The number of carbonyl (C=O) groups excluding carboxylic acids is 1. The summed E-state index contributed by atoms with van der Waals surface area (Å²) in [7, 11) is 0. The van der Waals surface area contributed by atoms with Crippen LogP contribution in [0.2, 0.25) is 0 Å². The zero-order valence-electron chi connectivity index (χ0n) is 7.31. The normalized spacial score (nSPS) is 20.6. The standard InChI is InChI=1S/C9H17NO/c1-9(11)10-7-5-3-2-4-6-8-10/h2-8H2,1H3. The molecule has 0 atom stereocenters. The third kappa shape index (κ3) is 2.91. The van der Waals surface area contributed by atoms with Crippen LogP contribution in [-0.2, 0) is 4.79 Å². The number of amides is 1. The summed E-state index contributed by atoms with van der Waals surface area (Å²) in [6, 6.07) is 0. The highest BCUT2D eigenvalue weighted by atomic mass is 16.2. The minimum Gasteiger partial charge on any atom is -0.343 e. The van der Waals surface area contributed by atoms with Crippen LogP contribution in [0.5, 0.6) is 0 Å². The molecule has 0 spiro atoms. The quantitative estimate of drug-likeness (QED) is 0.522. The van der Waals surface area contributed by atoms with Crippen molar-refractivity contribution in [2.45, 2.75) is 39.0 Å². The van der Waals surface area contributed by atoms with E-state index in [4.69, 9.17) is 0 Å². The van der Waals surface area contributed by atoms with Gasteiger partial charge >= 0.3 is 0 Å². The van der Waals surface area contributed by atoms with E-state index in [1.165, 1.54) is 32.1 Å². The largest absolute Gasteiger partial charge is 0.343 e. The number of hydrogen-bond acceptors (Lipinski definition) is 1. The summed E-state index contributed by atoms with van der Waals surface area (Å²) < 4.78 is 0. The molecule has 0 bridgehead atoms. The number of nitrogens with zero attached hydrogens (tertiary/aromatic N) is 1. The highest BCUT2D eigenvalue weighted by Gasteiger charge is 2.09. The molecule has 1 fully saturated rings. The van der Waals surface area contributed by atoms with Gasteiger partial charge in [-0.2, -0.15) is 0 Å². The van der Waals surface area contributed by atoms with E-state index in [9.17, 15) is 4.79 Å². The van der Waals surface area contributed by atoms with Crippen molar-refractivity contribution in [3.05, 3.63) is 0 Å². The minimum atomic E-state index is 0.243. The van der Waals surface area contributed by atoms with Crippen LogP contribution in [0.25, 0.3) is 0 Å². The lowest BCUT2D eigenvalue weighted by Gasteiger charge is -2.22. The lowest BCUT2D eigenvalue weighted by Crippen LogP contribution is -2.31. The van der Waals surface area contributed by atoms with Gasteiger partial charge in [0.15, 0.2) is 0 Å². The number of rotatable bonds is 0. The molecule has 2 nitrogen and oxygen atoms in total. The number of carbonyl (C=O) groups is 1. The van der Waals surface area contributed by atoms with E-state index in [0.717, 1.165) is 13.1 Å². The Kier molecular flexibility index (Phi) is 3.40. The van der Waals surface area contributed by atoms with Crippen LogP contribution < -0.4 is 0 Å². The summed E-state index contributed by atoms with van der Waals surface area (Å²) in [6.07, 6.45) is 6.33. The number of likely N-dealkylation sites (tertiary alicyclic amines) is 1. The Labute approximate surface area is 68.6 Å². The van der Waals surface area contributed by atoms with E-state index in [2.05, 4.69) is 0 Å². The van der Waals surface area contributed by atoms with E-state index in [1.54, 1.807) is 6.92 Å². The monoisotopic (exact) mass is 155 g/mol. The average Bonchev–Trinajstić information content (AvgIpc) is 1.84. The lowest BCUT2D eigenvalue weighted by molar-refractivity contribution is -0.129. The van der Waals surface area contributed by atoms with E-state index in [0.29, 0.717) is 0 Å². The molecule has 1 amide bonds. The second-order valence-electron chi connectivity index (χ2n) is 3.27. The summed E-state index contributed by atoms with van der Waals surface area (Å²) in [5.74, 6) is 0.243. The summed E-state index contributed by atoms with van der Waals surface area (Å²) in [4.78, 5) is 13.0. The molecule has 64 valence electrons. The van der Waals surface area contributed by atoms with E-state index in [1.807, 2.05) is 4.90 Å². The molecule has 11 heavy (non-hydrogen) atoms. The molecule has 0 saturated carbocycles. The van der Waals surface area contributed by atoms with Crippen molar-refractivity contribution in [3.8, 4) is 0 Å².